The Hall–Kier alpha value is -2.22. The van der Waals surface area contributed by atoms with Crippen molar-refractivity contribution < 1.29 is 4.74 Å². The lowest BCUT2D eigenvalue weighted by Gasteiger charge is -2.07. The van der Waals surface area contributed by atoms with Crippen molar-refractivity contribution in [3.63, 3.8) is 0 Å². The molecule has 0 radical (unpaired) electrons. The molecule has 0 unspecified atom stereocenters. The molecule has 0 spiro atoms. The molecule has 0 aliphatic rings. The smallest absolute Gasteiger partial charge is 0.322 e. The van der Waals surface area contributed by atoms with Gasteiger partial charge in [-0.05, 0) is 18.9 Å². The van der Waals surface area contributed by atoms with Crippen LogP contribution in [0.3, 0.4) is 0 Å². The second-order valence-electron chi connectivity index (χ2n) is 3.84. The van der Waals surface area contributed by atoms with Gasteiger partial charge in [0.2, 0.25) is 5.95 Å². The summed E-state index contributed by atoms with van der Waals surface area (Å²) in [6, 6.07) is 2.22. The molecule has 8 heteroatoms. The van der Waals surface area contributed by atoms with Gasteiger partial charge in [0.25, 0.3) is 5.95 Å². The highest BCUT2D eigenvalue weighted by Gasteiger charge is 2.13. The van der Waals surface area contributed by atoms with Gasteiger partial charge in [-0.3, -0.25) is 5.43 Å². The fourth-order valence-electron chi connectivity index (χ4n) is 1.67. The van der Waals surface area contributed by atoms with Crippen molar-refractivity contribution in [2.24, 2.45) is 5.84 Å². The van der Waals surface area contributed by atoms with E-state index in [0.29, 0.717) is 5.95 Å². The SMILES string of the molecule is CCc1cc(CC)n(-c2nc(NN)nc(OC)n2)n1. The van der Waals surface area contributed by atoms with Gasteiger partial charge in [-0.1, -0.05) is 13.8 Å². The maximum absolute atomic E-state index is 5.33. The van der Waals surface area contributed by atoms with Crippen LogP contribution in [0.2, 0.25) is 0 Å². The minimum absolute atomic E-state index is 0.188. The van der Waals surface area contributed by atoms with Gasteiger partial charge < -0.3 is 4.74 Å². The average Bonchev–Trinajstić information content (AvgIpc) is 2.90. The van der Waals surface area contributed by atoms with Gasteiger partial charge in [0.05, 0.1) is 12.8 Å². The van der Waals surface area contributed by atoms with Crippen LogP contribution in [-0.2, 0) is 12.8 Å². The largest absolute Gasteiger partial charge is 0.467 e. The molecule has 0 aliphatic carbocycles. The number of anilines is 1. The summed E-state index contributed by atoms with van der Waals surface area (Å²) in [4.78, 5) is 12.3. The molecule has 2 heterocycles. The van der Waals surface area contributed by atoms with Crippen molar-refractivity contribution in [3.8, 4) is 12.0 Å². The first-order valence-electron chi connectivity index (χ1n) is 6.06. The summed E-state index contributed by atoms with van der Waals surface area (Å²) in [5, 5.41) is 4.46. The number of hydrazine groups is 1. The van der Waals surface area contributed by atoms with Crippen LogP contribution in [0, 0.1) is 0 Å². The number of hydrogen-bond acceptors (Lipinski definition) is 7. The third-order valence-electron chi connectivity index (χ3n) is 2.66. The van der Waals surface area contributed by atoms with Crippen molar-refractivity contribution in [3.05, 3.63) is 17.5 Å². The van der Waals surface area contributed by atoms with Crippen molar-refractivity contribution in [1.29, 1.82) is 0 Å². The predicted molar refractivity (Wildman–Crippen MR) is 70.1 cm³/mol. The lowest BCUT2D eigenvalue weighted by Crippen LogP contribution is -2.15. The first-order valence-corrected chi connectivity index (χ1v) is 6.06. The molecular formula is C11H17N7O. The normalized spacial score (nSPS) is 10.5. The van der Waals surface area contributed by atoms with Crippen LogP contribution in [-0.4, -0.2) is 31.8 Å². The van der Waals surface area contributed by atoms with Crippen LogP contribution >= 0.6 is 0 Å². The Balaban J connectivity index is 2.53. The quantitative estimate of drug-likeness (QED) is 0.597. The molecule has 2 aromatic rings. The molecule has 3 N–H and O–H groups in total. The molecule has 2 aromatic heterocycles. The van der Waals surface area contributed by atoms with Gasteiger partial charge in [-0.15, -0.1) is 0 Å². The summed E-state index contributed by atoms with van der Waals surface area (Å²) in [6.07, 6.45) is 1.68. The molecule has 0 atom stereocenters. The van der Waals surface area contributed by atoms with Crippen LogP contribution < -0.4 is 16.0 Å². The highest BCUT2D eigenvalue weighted by Crippen LogP contribution is 2.14. The Labute approximate surface area is 111 Å². The van der Waals surface area contributed by atoms with Gasteiger partial charge in [-0.2, -0.15) is 20.1 Å². The molecule has 0 bridgehead atoms. The zero-order valence-corrected chi connectivity index (χ0v) is 11.2. The summed E-state index contributed by atoms with van der Waals surface area (Å²) in [5.74, 6) is 5.95. The third kappa shape index (κ3) is 2.63. The Morgan fingerprint density at radius 3 is 2.63 bits per heavy atom. The van der Waals surface area contributed by atoms with E-state index in [-0.39, 0.29) is 12.0 Å². The van der Waals surface area contributed by atoms with E-state index in [4.69, 9.17) is 10.6 Å². The lowest BCUT2D eigenvalue weighted by molar-refractivity contribution is 0.377. The standard InChI is InChI=1S/C11H17N7O/c1-4-7-6-8(5-2)18(17-7)10-13-9(16-12)14-11(15-10)19-3/h6H,4-5,12H2,1-3H3,(H,13,14,15,16). The summed E-state index contributed by atoms with van der Waals surface area (Å²) < 4.78 is 6.71. The van der Waals surface area contributed by atoms with E-state index in [1.807, 2.05) is 19.9 Å². The van der Waals surface area contributed by atoms with Crippen molar-refractivity contribution in [2.45, 2.75) is 26.7 Å². The minimum atomic E-state index is 0.188. The maximum Gasteiger partial charge on any atom is 0.322 e. The molecule has 0 amide bonds. The number of ether oxygens (including phenoxy) is 1. The lowest BCUT2D eigenvalue weighted by atomic mass is 10.3. The fraction of sp³-hybridized carbons (Fsp3) is 0.455. The number of nitrogen functional groups attached to an aromatic ring is 1. The zero-order valence-electron chi connectivity index (χ0n) is 11.2. The zero-order chi connectivity index (χ0) is 13.8. The Bertz CT molecular complexity index is 544. The average molecular weight is 263 g/mol. The predicted octanol–water partition coefficient (Wildman–Crippen LogP) is 0.476. The monoisotopic (exact) mass is 263 g/mol. The molecule has 0 aliphatic heterocycles. The minimum Gasteiger partial charge on any atom is -0.467 e. The summed E-state index contributed by atoms with van der Waals surface area (Å²) >= 11 is 0. The van der Waals surface area contributed by atoms with E-state index in [1.54, 1.807) is 4.68 Å². The van der Waals surface area contributed by atoms with Gasteiger partial charge >= 0.3 is 6.01 Å². The van der Waals surface area contributed by atoms with E-state index >= 15 is 0 Å². The Kier molecular flexibility index (Phi) is 3.91. The molecule has 0 saturated carbocycles. The van der Waals surface area contributed by atoms with Crippen molar-refractivity contribution in [2.75, 3.05) is 12.5 Å². The van der Waals surface area contributed by atoms with Gasteiger partial charge in [0.1, 0.15) is 0 Å². The van der Waals surface area contributed by atoms with Crippen LogP contribution in [0.15, 0.2) is 6.07 Å². The molecular weight excluding hydrogens is 246 g/mol. The number of nitrogens with two attached hydrogens (primary N) is 1. The summed E-state index contributed by atoms with van der Waals surface area (Å²) in [5.41, 5.74) is 4.39. The number of methoxy groups -OCH3 is 1. The fourth-order valence-corrected chi connectivity index (χ4v) is 1.67. The van der Waals surface area contributed by atoms with E-state index in [9.17, 15) is 0 Å². The van der Waals surface area contributed by atoms with Crippen molar-refractivity contribution in [1.82, 2.24) is 24.7 Å². The first-order chi connectivity index (χ1) is 9.21. The number of hydrogen-bond donors (Lipinski definition) is 2. The van der Waals surface area contributed by atoms with Crippen LogP contribution in [0.25, 0.3) is 5.95 Å². The third-order valence-corrected chi connectivity index (χ3v) is 2.66. The number of nitrogens with zero attached hydrogens (tertiary/aromatic N) is 5. The molecule has 0 saturated heterocycles. The second kappa shape index (κ2) is 5.61. The molecule has 0 aromatic carbocycles. The van der Waals surface area contributed by atoms with Gasteiger partial charge in [0.15, 0.2) is 0 Å². The highest BCUT2D eigenvalue weighted by molar-refractivity contribution is 5.30. The topological polar surface area (TPSA) is 104 Å². The van der Waals surface area contributed by atoms with Crippen molar-refractivity contribution >= 4 is 5.95 Å². The van der Waals surface area contributed by atoms with Crippen LogP contribution in [0.4, 0.5) is 5.95 Å². The van der Waals surface area contributed by atoms with E-state index in [0.717, 1.165) is 24.2 Å². The number of nitrogens with one attached hydrogen (secondary N) is 1. The van der Waals surface area contributed by atoms with E-state index < -0.39 is 0 Å². The number of aromatic nitrogens is 5. The second-order valence-corrected chi connectivity index (χ2v) is 3.84. The molecule has 2 rings (SSSR count). The summed E-state index contributed by atoms with van der Waals surface area (Å²) in [6.45, 7) is 4.10. The van der Waals surface area contributed by atoms with Gasteiger partial charge in [0, 0.05) is 5.69 Å². The first kappa shape index (κ1) is 13.2. The summed E-state index contributed by atoms with van der Waals surface area (Å²) in [7, 11) is 1.49. The van der Waals surface area contributed by atoms with Crippen LogP contribution in [0.1, 0.15) is 25.2 Å². The Morgan fingerprint density at radius 2 is 2.05 bits per heavy atom. The highest BCUT2D eigenvalue weighted by atomic mass is 16.5. The van der Waals surface area contributed by atoms with Crippen LogP contribution in [0.5, 0.6) is 6.01 Å². The number of aryl methyl sites for hydroxylation is 2. The van der Waals surface area contributed by atoms with E-state index in [1.165, 1.54) is 7.11 Å². The molecule has 8 nitrogen and oxygen atoms in total. The van der Waals surface area contributed by atoms with E-state index in [2.05, 4.69) is 25.5 Å². The maximum atomic E-state index is 5.33. The van der Waals surface area contributed by atoms with Gasteiger partial charge in [-0.25, -0.2) is 10.5 Å². The molecule has 0 fully saturated rings. The number of rotatable bonds is 5. The molecule has 102 valence electrons. The Morgan fingerprint density at radius 1 is 1.26 bits per heavy atom. The molecule has 19 heavy (non-hydrogen) atoms.